The third kappa shape index (κ3) is 7.04. The van der Waals surface area contributed by atoms with Crippen molar-refractivity contribution in [3.05, 3.63) is 178 Å². The van der Waals surface area contributed by atoms with Crippen LogP contribution in [0.3, 0.4) is 0 Å². The summed E-state index contributed by atoms with van der Waals surface area (Å²) in [6, 6.07) is 49.1. The average Bonchev–Trinajstić information content (AvgIpc) is 2.93. The molecule has 0 unspecified atom stereocenters. The molecule has 0 aliphatic carbocycles. The minimum atomic E-state index is 0.300. The number of benzene rings is 5. The third-order valence-electron chi connectivity index (χ3n) is 6.48. The van der Waals surface area contributed by atoms with Crippen LogP contribution < -0.4 is 5.32 Å². The van der Waals surface area contributed by atoms with Crippen molar-refractivity contribution in [3.63, 3.8) is 0 Å². The van der Waals surface area contributed by atoms with Gasteiger partial charge in [0.1, 0.15) is 0 Å². The molecule has 1 nitrogen and oxygen atoms in total. The van der Waals surface area contributed by atoms with E-state index in [0.717, 1.165) is 13.1 Å². The number of rotatable bonds is 7. The van der Waals surface area contributed by atoms with Crippen molar-refractivity contribution in [3.8, 4) is 0 Å². The largest absolute Gasteiger partial charge is 0.309 e. The van der Waals surface area contributed by atoms with E-state index in [-0.39, 0.29) is 0 Å². The molecule has 0 aromatic heterocycles. The lowest BCUT2D eigenvalue weighted by molar-refractivity contribution is 0.693. The van der Waals surface area contributed by atoms with Gasteiger partial charge in [-0.1, -0.05) is 140 Å². The predicted molar refractivity (Wildman–Crippen MR) is 153 cm³/mol. The Kier molecular flexibility index (Phi) is 9.25. The van der Waals surface area contributed by atoms with Gasteiger partial charge in [0.15, 0.2) is 0 Å². The molecule has 0 aliphatic rings. The first-order chi connectivity index (χ1) is 17.7. The smallest absolute Gasteiger partial charge is 0.0345 e. The SMILES string of the molecule is Cc1ccccc1C(c1ccccc1)c1ccccc1C.c1ccc(CNCc2ccccc2)cc1. The zero-order valence-electron chi connectivity index (χ0n) is 21.3. The van der Waals surface area contributed by atoms with Gasteiger partial charge in [0.25, 0.3) is 0 Å². The van der Waals surface area contributed by atoms with E-state index in [4.69, 9.17) is 0 Å². The lowest BCUT2D eigenvalue weighted by atomic mass is 9.81. The number of hydrogen-bond acceptors (Lipinski definition) is 1. The first kappa shape index (κ1) is 25.2. The van der Waals surface area contributed by atoms with Crippen LogP contribution in [0.5, 0.6) is 0 Å². The first-order valence-electron chi connectivity index (χ1n) is 12.7. The molecule has 5 rings (SSSR count). The van der Waals surface area contributed by atoms with Crippen LogP contribution in [-0.2, 0) is 13.1 Å². The number of nitrogens with one attached hydrogen (secondary N) is 1. The van der Waals surface area contributed by atoms with Crippen molar-refractivity contribution in [2.24, 2.45) is 0 Å². The molecule has 0 aliphatic heterocycles. The highest BCUT2D eigenvalue weighted by atomic mass is 14.8. The van der Waals surface area contributed by atoms with E-state index in [2.05, 4.69) is 147 Å². The summed E-state index contributed by atoms with van der Waals surface area (Å²) in [7, 11) is 0. The molecule has 1 heteroatoms. The van der Waals surface area contributed by atoms with Crippen molar-refractivity contribution < 1.29 is 0 Å². The maximum absolute atomic E-state index is 3.42. The van der Waals surface area contributed by atoms with Crippen LogP contribution in [0.2, 0.25) is 0 Å². The maximum atomic E-state index is 3.42. The summed E-state index contributed by atoms with van der Waals surface area (Å²) in [5.74, 6) is 0.300. The van der Waals surface area contributed by atoms with Gasteiger partial charge in [0.2, 0.25) is 0 Å². The van der Waals surface area contributed by atoms with Crippen LogP contribution >= 0.6 is 0 Å². The molecule has 0 heterocycles. The summed E-state index contributed by atoms with van der Waals surface area (Å²) >= 11 is 0. The van der Waals surface area contributed by atoms with E-state index >= 15 is 0 Å². The van der Waals surface area contributed by atoms with Crippen LogP contribution in [0.1, 0.15) is 44.9 Å². The fourth-order valence-corrected chi connectivity index (χ4v) is 4.54. The third-order valence-corrected chi connectivity index (χ3v) is 6.48. The topological polar surface area (TPSA) is 12.0 Å². The minimum Gasteiger partial charge on any atom is -0.309 e. The highest BCUT2D eigenvalue weighted by Crippen LogP contribution is 2.35. The molecule has 0 amide bonds. The molecule has 180 valence electrons. The van der Waals surface area contributed by atoms with Crippen LogP contribution in [0.15, 0.2) is 140 Å². The Balaban J connectivity index is 0.000000179. The fourth-order valence-electron chi connectivity index (χ4n) is 4.54. The number of aryl methyl sites for hydroxylation is 2. The highest BCUT2D eigenvalue weighted by molar-refractivity contribution is 5.48. The van der Waals surface area contributed by atoms with Crippen molar-refractivity contribution in [2.75, 3.05) is 0 Å². The molecule has 5 aromatic rings. The molecular formula is C35H35N. The second-order valence-electron chi connectivity index (χ2n) is 9.13. The van der Waals surface area contributed by atoms with Gasteiger partial charge in [0.05, 0.1) is 0 Å². The Labute approximate surface area is 216 Å². The Bertz CT molecular complexity index is 1230. The molecule has 1 N–H and O–H groups in total. The van der Waals surface area contributed by atoms with E-state index in [1.807, 2.05) is 12.1 Å². The normalized spacial score (nSPS) is 10.5. The van der Waals surface area contributed by atoms with Gasteiger partial charge in [-0.3, -0.25) is 0 Å². The number of hydrogen-bond donors (Lipinski definition) is 1. The molecule has 0 bridgehead atoms. The second kappa shape index (κ2) is 13.2. The summed E-state index contributed by atoms with van der Waals surface area (Å²) in [4.78, 5) is 0. The molecule has 0 saturated heterocycles. The van der Waals surface area contributed by atoms with Gasteiger partial charge >= 0.3 is 0 Å². The average molecular weight is 470 g/mol. The van der Waals surface area contributed by atoms with Gasteiger partial charge < -0.3 is 5.32 Å². The van der Waals surface area contributed by atoms with Gasteiger partial charge in [-0.2, -0.15) is 0 Å². The van der Waals surface area contributed by atoms with Crippen molar-refractivity contribution >= 4 is 0 Å². The zero-order chi connectivity index (χ0) is 25.0. The molecule has 0 fully saturated rings. The maximum Gasteiger partial charge on any atom is 0.0345 e. The molecule has 0 atom stereocenters. The predicted octanol–water partition coefficient (Wildman–Crippen LogP) is 8.46. The highest BCUT2D eigenvalue weighted by Gasteiger charge is 2.19. The molecular weight excluding hydrogens is 434 g/mol. The van der Waals surface area contributed by atoms with Crippen LogP contribution in [0.4, 0.5) is 0 Å². The van der Waals surface area contributed by atoms with Gasteiger partial charge in [0, 0.05) is 19.0 Å². The summed E-state index contributed by atoms with van der Waals surface area (Å²) in [6.07, 6.45) is 0. The van der Waals surface area contributed by atoms with E-state index < -0.39 is 0 Å². The van der Waals surface area contributed by atoms with Crippen LogP contribution in [0, 0.1) is 13.8 Å². The van der Waals surface area contributed by atoms with Crippen molar-refractivity contribution in [1.29, 1.82) is 0 Å². The Morgan fingerprint density at radius 3 is 1.22 bits per heavy atom. The second-order valence-corrected chi connectivity index (χ2v) is 9.13. The van der Waals surface area contributed by atoms with Crippen LogP contribution in [0.25, 0.3) is 0 Å². The molecule has 0 saturated carbocycles. The Morgan fingerprint density at radius 1 is 0.444 bits per heavy atom. The molecule has 0 radical (unpaired) electrons. The summed E-state index contributed by atoms with van der Waals surface area (Å²) < 4.78 is 0. The standard InChI is InChI=1S/C21H20.C14H15N/c1-16-10-6-8-14-19(16)21(18-12-4-3-5-13-18)20-15-9-7-11-17(20)2;1-3-7-13(8-4-1)11-15-12-14-9-5-2-6-10-14/h3-15,21H,1-2H3;1-10,15H,11-12H2. The first-order valence-corrected chi connectivity index (χ1v) is 12.7. The van der Waals surface area contributed by atoms with E-state index in [1.54, 1.807) is 0 Å². The summed E-state index contributed by atoms with van der Waals surface area (Å²) in [6.45, 7) is 6.25. The van der Waals surface area contributed by atoms with Gasteiger partial charge in [-0.25, -0.2) is 0 Å². The lowest BCUT2D eigenvalue weighted by Crippen LogP contribution is -2.12. The van der Waals surface area contributed by atoms with Crippen LogP contribution in [-0.4, -0.2) is 0 Å². The molecule has 5 aromatic carbocycles. The summed E-state index contributed by atoms with van der Waals surface area (Å²) in [5, 5.41) is 3.42. The Hall–Kier alpha value is -3.94. The lowest BCUT2D eigenvalue weighted by Gasteiger charge is -2.22. The summed E-state index contributed by atoms with van der Waals surface area (Å²) in [5.41, 5.74) is 9.46. The van der Waals surface area contributed by atoms with Gasteiger partial charge in [-0.15, -0.1) is 0 Å². The fraction of sp³-hybridized carbons (Fsp3) is 0.143. The monoisotopic (exact) mass is 469 g/mol. The molecule has 0 spiro atoms. The minimum absolute atomic E-state index is 0.300. The van der Waals surface area contributed by atoms with Crippen molar-refractivity contribution in [1.82, 2.24) is 5.32 Å². The molecule has 36 heavy (non-hydrogen) atoms. The van der Waals surface area contributed by atoms with Crippen molar-refractivity contribution in [2.45, 2.75) is 32.9 Å². The van der Waals surface area contributed by atoms with E-state index in [0.29, 0.717) is 5.92 Å². The van der Waals surface area contributed by atoms with E-state index in [1.165, 1.54) is 38.9 Å². The zero-order valence-corrected chi connectivity index (χ0v) is 21.3. The Morgan fingerprint density at radius 2 is 0.806 bits per heavy atom. The van der Waals surface area contributed by atoms with Gasteiger partial charge in [-0.05, 0) is 52.8 Å². The van der Waals surface area contributed by atoms with E-state index in [9.17, 15) is 0 Å². The quantitative estimate of drug-likeness (QED) is 0.236.